The Labute approximate surface area is 139 Å². The molecule has 22 heavy (non-hydrogen) atoms. The van der Waals surface area contributed by atoms with Crippen LogP contribution in [0.1, 0.15) is 31.3 Å². The molecule has 0 bridgehead atoms. The van der Waals surface area contributed by atoms with Gasteiger partial charge in [0.15, 0.2) is 0 Å². The Kier molecular flexibility index (Phi) is 4.88. The van der Waals surface area contributed by atoms with E-state index in [0.29, 0.717) is 21.6 Å². The molecule has 2 N–H and O–H groups in total. The molecular formula is C15H16Cl2N4O. The largest absolute Gasteiger partial charge is 0.365 e. The van der Waals surface area contributed by atoms with Crippen molar-refractivity contribution < 1.29 is 4.79 Å². The lowest BCUT2D eigenvalue weighted by Gasteiger charge is -2.21. The molecule has 2 rings (SSSR count). The van der Waals surface area contributed by atoms with Gasteiger partial charge in [0, 0.05) is 16.6 Å². The van der Waals surface area contributed by atoms with E-state index in [4.69, 9.17) is 23.2 Å². The highest BCUT2D eigenvalue weighted by molar-refractivity contribution is 6.35. The smallest absolute Gasteiger partial charge is 0.274 e. The molecule has 2 aromatic rings. The van der Waals surface area contributed by atoms with Crippen LogP contribution in [0.3, 0.4) is 0 Å². The number of hydrogen-bond donors (Lipinski definition) is 2. The second kappa shape index (κ2) is 6.50. The van der Waals surface area contributed by atoms with Gasteiger partial charge in [-0.15, -0.1) is 0 Å². The number of aromatic nitrogens is 2. The van der Waals surface area contributed by atoms with Crippen LogP contribution in [0.25, 0.3) is 0 Å². The number of carbonyl (C=O) groups excluding carboxylic acids is 1. The van der Waals surface area contributed by atoms with E-state index in [1.807, 2.05) is 20.8 Å². The van der Waals surface area contributed by atoms with Crippen LogP contribution in [0.2, 0.25) is 10.0 Å². The van der Waals surface area contributed by atoms with Crippen molar-refractivity contribution >= 4 is 40.6 Å². The molecule has 0 fully saturated rings. The van der Waals surface area contributed by atoms with E-state index in [2.05, 4.69) is 20.6 Å². The maximum absolute atomic E-state index is 12.3. The fourth-order valence-electron chi connectivity index (χ4n) is 1.71. The van der Waals surface area contributed by atoms with Crippen LogP contribution in [-0.4, -0.2) is 21.4 Å². The molecule has 0 aliphatic heterocycles. The van der Waals surface area contributed by atoms with Crippen molar-refractivity contribution in [3.8, 4) is 0 Å². The van der Waals surface area contributed by atoms with Crippen molar-refractivity contribution in [3.63, 3.8) is 0 Å². The Morgan fingerprint density at radius 1 is 1.14 bits per heavy atom. The highest BCUT2D eigenvalue weighted by Crippen LogP contribution is 2.25. The molecule has 0 radical (unpaired) electrons. The van der Waals surface area contributed by atoms with Crippen LogP contribution in [0.5, 0.6) is 0 Å². The van der Waals surface area contributed by atoms with E-state index < -0.39 is 0 Å². The van der Waals surface area contributed by atoms with Crippen molar-refractivity contribution in [1.29, 1.82) is 0 Å². The maximum Gasteiger partial charge on any atom is 0.274 e. The molecule has 0 aliphatic carbocycles. The van der Waals surface area contributed by atoms with Gasteiger partial charge in [-0.2, -0.15) is 0 Å². The van der Waals surface area contributed by atoms with Crippen molar-refractivity contribution in [3.05, 3.63) is 46.3 Å². The summed E-state index contributed by atoms with van der Waals surface area (Å²) in [4.78, 5) is 20.3. The lowest BCUT2D eigenvalue weighted by atomic mass is 10.1. The SMILES string of the molecule is CC(C)(C)Nc1cc(C(=O)Nc2cc(Cl)ccc2Cl)ncn1. The predicted molar refractivity (Wildman–Crippen MR) is 89.8 cm³/mol. The first-order valence-electron chi connectivity index (χ1n) is 6.61. The van der Waals surface area contributed by atoms with Gasteiger partial charge in [-0.25, -0.2) is 9.97 Å². The lowest BCUT2D eigenvalue weighted by molar-refractivity contribution is 0.102. The van der Waals surface area contributed by atoms with Gasteiger partial charge in [0.2, 0.25) is 0 Å². The molecule has 1 heterocycles. The Hall–Kier alpha value is -1.85. The van der Waals surface area contributed by atoms with Gasteiger partial charge in [-0.3, -0.25) is 4.79 Å². The standard InChI is InChI=1S/C15H16Cl2N4O/c1-15(2,3)21-13-7-12(18-8-19-13)14(22)20-11-6-9(16)4-5-10(11)17/h4-8H,1-3H3,(H,20,22)(H,18,19,21). The van der Waals surface area contributed by atoms with Crippen LogP contribution < -0.4 is 10.6 Å². The Bertz CT molecular complexity index is 698. The molecule has 1 amide bonds. The van der Waals surface area contributed by atoms with Gasteiger partial charge >= 0.3 is 0 Å². The Balaban J connectivity index is 2.19. The van der Waals surface area contributed by atoms with E-state index in [9.17, 15) is 4.79 Å². The number of benzene rings is 1. The van der Waals surface area contributed by atoms with Crippen LogP contribution in [0.4, 0.5) is 11.5 Å². The monoisotopic (exact) mass is 338 g/mol. The van der Waals surface area contributed by atoms with Crippen LogP contribution in [0, 0.1) is 0 Å². The number of nitrogens with zero attached hydrogens (tertiary/aromatic N) is 2. The summed E-state index contributed by atoms with van der Waals surface area (Å²) in [6.45, 7) is 6.00. The first-order chi connectivity index (χ1) is 10.2. The molecule has 116 valence electrons. The molecule has 0 aliphatic rings. The van der Waals surface area contributed by atoms with E-state index in [1.54, 1.807) is 24.3 Å². The number of rotatable bonds is 3. The average Bonchev–Trinajstić information content (AvgIpc) is 2.41. The van der Waals surface area contributed by atoms with Gasteiger partial charge in [-0.05, 0) is 39.0 Å². The number of nitrogens with one attached hydrogen (secondary N) is 2. The summed E-state index contributed by atoms with van der Waals surface area (Å²) in [5, 5.41) is 6.75. The zero-order valence-electron chi connectivity index (χ0n) is 12.4. The molecule has 5 nitrogen and oxygen atoms in total. The zero-order chi connectivity index (χ0) is 16.3. The summed E-state index contributed by atoms with van der Waals surface area (Å²) in [6, 6.07) is 6.43. The minimum absolute atomic E-state index is 0.168. The Morgan fingerprint density at radius 3 is 2.55 bits per heavy atom. The molecule has 0 saturated carbocycles. The number of hydrogen-bond acceptors (Lipinski definition) is 4. The fraction of sp³-hybridized carbons (Fsp3) is 0.267. The summed E-state index contributed by atoms with van der Waals surface area (Å²) in [6.07, 6.45) is 1.34. The van der Waals surface area contributed by atoms with E-state index in [0.717, 1.165) is 0 Å². The molecule has 0 saturated heterocycles. The first kappa shape index (κ1) is 16.5. The quantitative estimate of drug-likeness (QED) is 0.877. The average molecular weight is 339 g/mol. The maximum atomic E-state index is 12.3. The molecule has 0 spiro atoms. The molecular weight excluding hydrogens is 323 g/mol. The topological polar surface area (TPSA) is 66.9 Å². The van der Waals surface area contributed by atoms with E-state index in [1.165, 1.54) is 6.33 Å². The van der Waals surface area contributed by atoms with Crippen molar-refractivity contribution in [2.24, 2.45) is 0 Å². The van der Waals surface area contributed by atoms with Crippen LogP contribution in [-0.2, 0) is 0 Å². The summed E-state index contributed by atoms with van der Waals surface area (Å²) in [5.74, 6) is 0.188. The van der Waals surface area contributed by atoms with Gasteiger partial charge in [0.25, 0.3) is 5.91 Å². The third kappa shape index (κ3) is 4.58. The van der Waals surface area contributed by atoms with Gasteiger partial charge < -0.3 is 10.6 Å². The highest BCUT2D eigenvalue weighted by atomic mass is 35.5. The van der Waals surface area contributed by atoms with Gasteiger partial charge in [0.05, 0.1) is 10.7 Å². The lowest BCUT2D eigenvalue weighted by Crippen LogP contribution is -2.27. The number of carbonyl (C=O) groups is 1. The van der Waals surface area contributed by atoms with Crippen LogP contribution >= 0.6 is 23.2 Å². The number of anilines is 2. The number of amides is 1. The predicted octanol–water partition coefficient (Wildman–Crippen LogP) is 4.25. The third-order valence-corrected chi connectivity index (χ3v) is 3.14. The van der Waals surface area contributed by atoms with Crippen molar-refractivity contribution in [2.75, 3.05) is 10.6 Å². The highest BCUT2D eigenvalue weighted by Gasteiger charge is 2.14. The molecule has 1 aromatic heterocycles. The second-order valence-electron chi connectivity index (χ2n) is 5.74. The summed E-state index contributed by atoms with van der Waals surface area (Å²) in [5.41, 5.74) is 0.499. The van der Waals surface area contributed by atoms with E-state index in [-0.39, 0.29) is 17.1 Å². The fourth-order valence-corrected chi connectivity index (χ4v) is 2.05. The number of halogens is 2. The molecule has 7 heteroatoms. The van der Waals surface area contributed by atoms with Gasteiger partial charge in [0.1, 0.15) is 17.8 Å². The van der Waals surface area contributed by atoms with Crippen molar-refractivity contribution in [2.45, 2.75) is 26.3 Å². The van der Waals surface area contributed by atoms with Crippen LogP contribution in [0.15, 0.2) is 30.6 Å². The second-order valence-corrected chi connectivity index (χ2v) is 6.59. The first-order valence-corrected chi connectivity index (χ1v) is 7.37. The minimum atomic E-state index is -0.386. The molecule has 0 atom stereocenters. The van der Waals surface area contributed by atoms with Crippen molar-refractivity contribution in [1.82, 2.24) is 9.97 Å². The normalized spacial score (nSPS) is 11.1. The molecule has 0 unspecified atom stereocenters. The van der Waals surface area contributed by atoms with E-state index >= 15 is 0 Å². The molecule has 1 aromatic carbocycles. The summed E-state index contributed by atoms with van der Waals surface area (Å²) in [7, 11) is 0. The van der Waals surface area contributed by atoms with Gasteiger partial charge in [-0.1, -0.05) is 23.2 Å². The Morgan fingerprint density at radius 2 is 1.86 bits per heavy atom. The summed E-state index contributed by atoms with van der Waals surface area (Å²) < 4.78 is 0. The summed E-state index contributed by atoms with van der Waals surface area (Å²) >= 11 is 11.9. The minimum Gasteiger partial charge on any atom is -0.365 e. The third-order valence-electron chi connectivity index (χ3n) is 2.58. The zero-order valence-corrected chi connectivity index (χ0v) is 14.0.